The molecule has 0 radical (unpaired) electrons. The first-order valence-electron chi connectivity index (χ1n) is 9.35. The average Bonchev–Trinajstić information content (AvgIpc) is 2.74. The number of benzene rings is 1. The van der Waals surface area contributed by atoms with E-state index < -0.39 is 0 Å². The van der Waals surface area contributed by atoms with E-state index in [0.717, 1.165) is 59.7 Å². The summed E-state index contributed by atoms with van der Waals surface area (Å²) in [5.74, 6) is 0.699. The molecule has 1 aliphatic rings. The first-order valence-corrected chi connectivity index (χ1v) is 9.35. The summed E-state index contributed by atoms with van der Waals surface area (Å²) in [6, 6.07) is 10.1. The Morgan fingerprint density at radius 3 is 2.82 bits per heavy atom. The number of aromatic nitrogens is 3. The molecule has 1 saturated heterocycles. The number of rotatable bonds is 4. The highest BCUT2D eigenvalue weighted by Crippen LogP contribution is 2.27. The summed E-state index contributed by atoms with van der Waals surface area (Å²) < 4.78 is 5.45. The summed E-state index contributed by atoms with van der Waals surface area (Å²) in [5.41, 5.74) is 5.44. The van der Waals surface area contributed by atoms with Crippen LogP contribution in [0.3, 0.4) is 0 Å². The van der Waals surface area contributed by atoms with E-state index in [0.29, 0.717) is 17.9 Å². The Kier molecular flexibility index (Phi) is 5.04. The molecule has 142 valence electrons. The minimum absolute atomic E-state index is 0.565. The van der Waals surface area contributed by atoms with Crippen LogP contribution in [0.2, 0.25) is 0 Å². The summed E-state index contributed by atoms with van der Waals surface area (Å²) in [4.78, 5) is 6.92. The molecule has 0 amide bonds. The molecule has 4 rings (SSSR count). The molecule has 1 aliphatic heterocycles. The Hall–Kier alpha value is -3.24. The fraction of sp³-hybridized carbons (Fsp3) is 0.333. The fourth-order valence-electron chi connectivity index (χ4n) is 3.45. The van der Waals surface area contributed by atoms with Crippen LogP contribution in [0.1, 0.15) is 22.4 Å². The van der Waals surface area contributed by atoms with E-state index in [4.69, 9.17) is 4.74 Å². The van der Waals surface area contributed by atoms with E-state index in [1.807, 2.05) is 38.2 Å². The standard InChI is InChI=1S/C21H22N6O/c1-14-16(11-22)4-3-5-17(14)12-24-21-19-10-18(27-6-8-28-9-7-27)13-23-20(19)15(2)25-26-21/h3-5,10,13H,6-9,12H2,1-2H3,(H,24,26). The van der Waals surface area contributed by atoms with Gasteiger partial charge in [-0.1, -0.05) is 12.1 Å². The maximum atomic E-state index is 9.24. The number of hydrogen-bond donors (Lipinski definition) is 1. The minimum Gasteiger partial charge on any atom is -0.378 e. The summed E-state index contributed by atoms with van der Waals surface area (Å²) in [7, 11) is 0. The molecule has 3 heterocycles. The fourth-order valence-corrected chi connectivity index (χ4v) is 3.45. The third kappa shape index (κ3) is 3.47. The van der Waals surface area contributed by atoms with E-state index in [-0.39, 0.29) is 0 Å². The van der Waals surface area contributed by atoms with Gasteiger partial charge in [-0.25, -0.2) is 0 Å². The number of nitrogens with zero attached hydrogens (tertiary/aromatic N) is 5. The highest BCUT2D eigenvalue weighted by molar-refractivity contribution is 5.92. The quantitative estimate of drug-likeness (QED) is 0.751. The molecule has 3 aromatic rings. The monoisotopic (exact) mass is 374 g/mol. The van der Waals surface area contributed by atoms with Gasteiger partial charge in [0.2, 0.25) is 0 Å². The lowest BCUT2D eigenvalue weighted by molar-refractivity contribution is 0.122. The third-order valence-electron chi connectivity index (χ3n) is 5.16. The van der Waals surface area contributed by atoms with Gasteiger partial charge in [0.25, 0.3) is 0 Å². The molecule has 0 saturated carbocycles. The van der Waals surface area contributed by atoms with Crippen LogP contribution in [0.15, 0.2) is 30.5 Å². The molecule has 2 aromatic heterocycles. The lowest BCUT2D eigenvalue weighted by Gasteiger charge is -2.28. The van der Waals surface area contributed by atoms with Crippen molar-refractivity contribution in [1.29, 1.82) is 5.26 Å². The van der Waals surface area contributed by atoms with Crippen LogP contribution in [0.5, 0.6) is 0 Å². The van der Waals surface area contributed by atoms with Gasteiger partial charge in [0.1, 0.15) is 0 Å². The van der Waals surface area contributed by atoms with Gasteiger partial charge in [0.15, 0.2) is 5.82 Å². The molecular formula is C21H22N6O. The number of ether oxygens (including phenoxy) is 1. The highest BCUT2D eigenvalue weighted by atomic mass is 16.5. The maximum absolute atomic E-state index is 9.24. The molecule has 0 aliphatic carbocycles. The third-order valence-corrected chi connectivity index (χ3v) is 5.16. The molecule has 1 N–H and O–H groups in total. The second-order valence-electron chi connectivity index (χ2n) is 6.88. The molecular weight excluding hydrogens is 352 g/mol. The number of anilines is 2. The average molecular weight is 374 g/mol. The lowest BCUT2D eigenvalue weighted by Crippen LogP contribution is -2.36. The van der Waals surface area contributed by atoms with E-state index in [9.17, 15) is 5.26 Å². The molecule has 1 aromatic carbocycles. The van der Waals surface area contributed by atoms with Gasteiger partial charge < -0.3 is 15.0 Å². The Morgan fingerprint density at radius 1 is 1.21 bits per heavy atom. The Balaban J connectivity index is 1.66. The largest absolute Gasteiger partial charge is 0.378 e. The number of nitriles is 1. The van der Waals surface area contributed by atoms with Crippen molar-refractivity contribution in [2.75, 3.05) is 36.5 Å². The summed E-state index contributed by atoms with van der Waals surface area (Å²) in [5, 5.41) is 22.2. The first-order chi connectivity index (χ1) is 13.7. The predicted molar refractivity (Wildman–Crippen MR) is 108 cm³/mol. The molecule has 0 unspecified atom stereocenters. The summed E-state index contributed by atoms with van der Waals surface area (Å²) >= 11 is 0. The molecule has 0 spiro atoms. The number of nitrogens with one attached hydrogen (secondary N) is 1. The van der Waals surface area contributed by atoms with E-state index in [1.54, 1.807) is 0 Å². The van der Waals surface area contributed by atoms with Gasteiger partial charge in [0.05, 0.1) is 47.9 Å². The smallest absolute Gasteiger partial charge is 0.158 e. The van der Waals surface area contributed by atoms with E-state index in [2.05, 4.69) is 37.5 Å². The molecule has 0 atom stereocenters. The number of hydrogen-bond acceptors (Lipinski definition) is 7. The van der Waals surface area contributed by atoms with Crippen molar-refractivity contribution in [2.45, 2.75) is 20.4 Å². The van der Waals surface area contributed by atoms with Crippen LogP contribution in [0.4, 0.5) is 11.5 Å². The van der Waals surface area contributed by atoms with Crippen molar-refractivity contribution in [3.05, 3.63) is 52.8 Å². The molecule has 1 fully saturated rings. The zero-order valence-corrected chi connectivity index (χ0v) is 16.1. The van der Waals surface area contributed by atoms with Gasteiger partial charge in [-0.3, -0.25) is 4.98 Å². The second kappa shape index (κ2) is 7.79. The van der Waals surface area contributed by atoms with Crippen molar-refractivity contribution in [3.8, 4) is 6.07 Å². The molecule has 0 bridgehead atoms. The molecule has 28 heavy (non-hydrogen) atoms. The number of aryl methyl sites for hydroxylation is 1. The SMILES string of the molecule is Cc1c(C#N)cccc1CNc1nnc(C)c2ncc(N3CCOCC3)cc12. The summed E-state index contributed by atoms with van der Waals surface area (Å²) in [6.45, 7) is 7.61. The van der Waals surface area contributed by atoms with Crippen LogP contribution >= 0.6 is 0 Å². The first kappa shape index (κ1) is 18.1. The second-order valence-corrected chi connectivity index (χ2v) is 6.88. The lowest BCUT2D eigenvalue weighted by atomic mass is 10.0. The number of morpholine rings is 1. The van der Waals surface area contributed by atoms with Gasteiger partial charge in [-0.15, -0.1) is 5.10 Å². The van der Waals surface area contributed by atoms with Crippen LogP contribution in [-0.4, -0.2) is 41.5 Å². The molecule has 7 nitrogen and oxygen atoms in total. The zero-order chi connectivity index (χ0) is 19.5. The Labute approximate surface area is 164 Å². The highest BCUT2D eigenvalue weighted by Gasteiger charge is 2.15. The van der Waals surface area contributed by atoms with E-state index >= 15 is 0 Å². The molecule has 7 heteroatoms. The topological polar surface area (TPSA) is 87.0 Å². The van der Waals surface area contributed by atoms with Crippen LogP contribution in [0.25, 0.3) is 10.9 Å². The summed E-state index contributed by atoms with van der Waals surface area (Å²) in [6.07, 6.45) is 1.90. The van der Waals surface area contributed by atoms with Crippen LogP contribution in [0, 0.1) is 25.2 Å². The van der Waals surface area contributed by atoms with Crippen molar-refractivity contribution >= 4 is 22.4 Å². The normalized spacial score (nSPS) is 14.1. The minimum atomic E-state index is 0.565. The zero-order valence-electron chi connectivity index (χ0n) is 16.1. The van der Waals surface area contributed by atoms with E-state index in [1.165, 1.54) is 0 Å². The number of pyridine rings is 1. The van der Waals surface area contributed by atoms with Crippen molar-refractivity contribution in [3.63, 3.8) is 0 Å². The van der Waals surface area contributed by atoms with Gasteiger partial charge in [0, 0.05) is 25.0 Å². The van der Waals surface area contributed by atoms with Gasteiger partial charge in [-0.2, -0.15) is 10.4 Å². The predicted octanol–water partition coefficient (Wildman–Crippen LogP) is 2.96. The maximum Gasteiger partial charge on any atom is 0.158 e. The van der Waals surface area contributed by atoms with Gasteiger partial charge in [-0.05, 0) is 37.1 Å². The van der Waals surface area contributed by atoms with Gasteiger partial charge >= 0.3 is 0 Å². The van der Waals surface area contributed by atoms with Crippen LogP contribution in [-0.2, 0) is 11.3 Å². The van der Waals surface area contributed by atoms with Crippen LogP contribution < -0.4 is 10.2 Å². The number of fused-ring (bicyclic) bond motifs is 1. The van der Waals surface area contributed by atoms with Crippen molar-refractivity contribution in [1.82, 2.24) is 15.2 Å². The Bertz CT molecular complexity index is 1050. The Morgan fingerprint density at radius 2 is 2.04 bits per heavy atom. The van der Waals surface area contributed by atoms with Crippen molar-refractivity contribution in [2.24, 2.45) is 0 Å². The van der Waals surface area contributed by atoms with Crippen molar-refractivity contribution < 1.29 is 4.74 Å².